The second-order valence-corrected chi connectivity index (χ2v) is 4.59. The van der Waals surface area contributed by atoms with Gasteiger partial charge < -0.3 is 4.74 Å². The van der Waals surface area contributed by atoms with Gasteiger partial charge in [-0.2, -0.15) is 0 Å². The highest BCUT2D eigenvalue weighted by Crippen LogP contribution is 2.22. The summed E-state index contributed by atoms with van der Waals surface area (Å²) < 4.78 is 4.72. The minimum Gasteiger partial charge on any atom is -0.466 e. The summed E-state index contributed by atoms with van der Waals surface area (Å²) in [6.07, 6.45) is -0.0952. The van der Waals surface area contributed by atoms with Gasteiger partial charge >= 0.3 is 5.97 Å². The van der Waals surface area contributed by atoms with Gasteiger partial charge in [-0.3, -0.25) is 24.1 Å². The minimum absolute atomic E-state index is 0.0458. The van der Waals surface area contributed by atoms with Crippen LogP contribution in [0.3, 0.4) is 0 Å². The number of ketones is 1. The second kappa shape index (κ2) is 6.30. The first-order chi connectivity index (χ1) is 10.0. The van der Waals surface area contributed by atoms with E-state index in [9.17, 15) is 19.2 Å². The molecule has 2 amide bonds. The molecule has 0 fully saturated rings. The van der Waals surface area contributed by atoms with Gasteiger partial charge in [-0.15, -0.1) is 0 Å². The Morgan fingerprint density at radius 3 is 2.14 bits per heavy atom. The number of Topliss-reactive ketones (excluding diaryl/α,β-unsaturated/α-hetero) is 1. The maximum absolute atomic E-state index is 12.0. The summed E-state index contributed by atoms with van der Waals surface area (Å²) in [4.78, 5) is 48.0. The summed E-state index contributed by atoms with van der Waals surface area (Å²) in [7, 11) is 0. The highest BCUT2D eigenvalue weighted by Gasteiger charge is 2.35. The van der Waals surface area contributed by atoms with E-state index in [2.05, 4.69) is 0 Å². The van der Waals surface area contributed by atoms with Crippen molar-refractivity contribution in [2.24, 2.45) is 0 Å². The molecule has 1 aliphatic rings. The van der Waals surface area contributed by atoms with Gasteiger partial charge in [0.2, 0.25) is 0 Å². The number of fused-ring (bicyclic) bond motifs is 1. The Kier molecular flexibility index (Phi) is 4.47. The third-order valence-corrected chi connectivity index (χ3v) is 3.13. The topological polar surface area (TPSA) is 80.8 Å². The molecule has 1 heterocycles. The summed E-state index contributed by atoms with van der Waals surface area (Å²) in [5.41, 5.74) is 0.612. The predicted molar refractivity (Wildman–Crippen MR) is 72.7 cm³/mol. The summed E-state index contributed by atoms with van der Waals surface area (Å²) >= 11 is 0. The van der Waals surface area contributed by atoms with Crippen LogP contribution in [0, 0.1) is 0 Å². The summed E-state index contributed by atoms with van der Waals surface area (Å²) in [6, 6.07) is 6.43. The van der Waals surface area contributed by atoms with E-state index in [1.54, 1.807) is 31.2 Å². The predicted octanol–water partition coefficient (Wildman–Crippen LogP) is 1.19. The molecular weight excluding hydrogens is 275 g/mol. The van der Waals surface area contributed by atoms with Crippen molar-refractivity contribution in [3.8, 4) is 0 Å². The molecule has 0 aliphatic carbocycles. The van der Waals surface area contributed by atoms with Crippen LogP contribution in [0.15, 0.2) is 24.3 Å². The van der Waals surface area contributed by atoms with Crippen molar-refractivity contribution < 1.29 is 23.9 Å². The van der Waals surface area contributed by atoms with Gasteiger partial charge in [0.15, 0.2) is 5.78 Å². The van der Waals surface area contributed by atoms with Crippen LogP contribution in [-0.4, -0.2) is 41.6 Å². The van der Waals surface area contributed by atoms with Crippen molar-refractivity contribution in [2.45, 2.75) is 19.8 Å². The summed E-state index contributed by atoms with van der Waals surface area (Å²) in [6.45, 7) is 1.62. The van der Waals surface area contributed by atoms with Crippen molar-refractivity contribution in [3.63, 3.8) is 0 Å². The van der Waals surface area contributed by atoms with Gasteiger partial charge in [-0.05, 0) is 19.1 Å². The van der Waals surface area contributed by atoms with Crippen LogP contribution in [0.4, 0.5) is 0 Å². The molecule has 0 spiro atoms. The van der Waals surface area contributed by atoms with Gasteiger partial charge in [0.25, 0.3) is 11.8 Å². The number of hydrogen-bond donors (Lipinski definition) is 0. The Bertz CT molecular complexity index is 573. The average molecular weight is 290 g/mol. The zero-order chi connectivity index (χ0) is 15.4. The fraction of sp³-hybridized carbons (Fsp3) is 0.333. The highest BCUT2D eigenvalue weighted by atomic mass is 16.5. The lowest BCUT2D eigenvalue weighted by Gasteiger charge is -2.12. The quantitative estimate of drug-likeness (QED) is 0.446. The van der Waals surface area contributed by atoms with Crippen LogP contribution in [0.5, 0.6) is 0 Å². The third-order valence-electron chi connectivity index (χ3n) is 3.13. The van der Waals surface area contributed by atoms with Gasteiger partial charge in [-0.1, -0.05) is 12.1 Å². The van der Waals surface area contributed by atoms with Crippen molar-refractivity contribution in [1.82, 2.24) is 4.90 Å². The number of carbonyl (C=O) groups is 4. The van der Waals surface area contributed by atoms with Crippen molar-refractivity contribution in [1.29, 1.82) is 0 Å². The number of benzene rings is 1. The number of imide groups is 1. The lowest BCUT2D eigenvalue weighted by Crippen LogP contribution is -2.35. The first-order valence-electron chi connectivity index (χ1n) is 6.67. The second-order valence-electron chi connectivity index (χ2n) is 4.59. The van der Waals surface area contributed by atoms with Crippen LogP contribution >= 0.6 is 0 Å². The van der Waals surface area contributed by atoms with Crippen LogP contribution in [0.2, 0.25) is 0 Å². The Balaban J connectivity index is 1.96. The fourth-order valence-electron chi connectivity index (χ4n) is 2.11. The van der Waals surface area contributed by atoms with E-state index in [-0.39, 0.29) is 31.8 Å². The fourth-order valence-corrected chi connectivity index (χ4v) is 2.11. The molecule has 2 rings (SSSR count). The van der Waals surface area contributed by atoms with Gasteiger partial charge in [0.1, 0.15) is 0 Å². The molecule has 21 heavy (non-hydrogen) atoms. The van der Waals surface area contributed by atoms with Crippen LogP contribution < -0.4 is 0 Å². The Morgan fingerprint density at radius 2 is 1.62 bits per heavy atom. The smallest absolute Gasteiger partial charge is 0.306 e. The third kappa shape index (κ3) is 3.16. The van der Waals surface area contributed by atoms with Gasteiger partial charge in [-0.25, -0.2) is 0 Å². The number of nitrogens with zero attached hydrogens (tertiary/aromatic N) is 1. The van der Waals surface area contributed by atoms with Crippen LogP contribution in [0.1, 0.15) is 40.5 Å². The van der Waals surface area contributed by atoms with Crippen LogP contribution in [0.25, 0.3) is 0 Å². The van der Waals surface area contributed by atoms with E-state index in [1.165, 1.54) is 0 Å². The number of esters is 1. The molecule has 110 valence electrons. The van der Waals surface area contributed by atoms with E-state index in [1.807, 2.05) is 0 Å². The van der Waals surface area contributed by atoms with Crippen LogP contribution in [-0.2, 0) is 14.3 Å². The molecule has 6 heteroatoms. The normalized spacial score (nSPS) is 13.3. The zero-order valence-electron chi connectivity index (χ0n) is 11.6. The molecule has 0 aromatic heterocycles. The first-order valence-corrected chi connectivity index (χ1v) is 6.67. The van der Waals surface area contributed by atoms with Gasteiger partial charge in [0.05, 0.1) is 30.7 Å². The molecule has 1 aromatic carbocycles. The minimum atomic E-state index is -0.472. The molecule has 0 bridgehead atoms. The number of carbonyl (C=O) groups excluding carboxylic acids is 4. The highest BCUT2D eigenvalue weighted by molar-refractivity contribution is 6.22. The zero-order valence-corrected chi connectivity index (χ0v) is 11.6. The van der Waals surface area contributed by atoms with E-state index < -0.39 is 17.8 Å². The van der Waals surface area contributed by atoms with Crippen molar-refractivity contribution in [3.05, 3.63) is 35.4 Å². The molecule has 0 saturated heterocycles. The summed E-state index contributed by atoms with van der Waals surface area (Å²) in [5.74, 6) is -1.76. The number of ether oxygens (including phenoxy) is 1. The Labute approximate surface area is 121 Å². The number of hydrogen-bond acceptors (Lipinski definition) is 5. The lowest BCUT2D eigenvalue weighted by atomic mass is 10.1. The molecule has 0 radical (unpaired) electrons. The lowest BCUT2D eigenvalue weighted by molar-refractivity contribution is -0.144. The Morgan fingerprint density at radius 1 is 1.05 bits per heavy atom. The van der Waals surface area contributed by atoms with E-state index in [0.717, 1.165) is 4.90 Å². The maximum atomic E-state index is 12.0. The van der Waals surface area contributed by atoms with E-state index in [0.29, 0.717) is 11.1 Å². The summed E-state index contributed by atoms with van der Waals surface area (Å²) in [5, 5.41) is 0. The van der Waals surface area contributed by atoms with E-state index in [4.69, 9.17) is 4.74 Å². The van der Waals surface area contributed by atoms with Crippen molar-refractivity contribution >= 4 is 23.6 Å². The average Bonchev–Trinajstić information content (AvgIpc) is 2.71. The molecule has 0 N–H and O–H groups in total. The van der Waals surface area contributed by atoms with E-state index >= 15 is 0 Å². The molecule has 1 aromatic rings. The molecule has 6 nitrogen and oxygen atoms in total. The monoisotopic (exact) mass is 290 g/mol. The van der Waals surface area contributed by atoms with Gasteiger partial charge in [0, 0.05) is 6.42 Å². The largest absolute Gasteiger partial charge is 0.466 e. The number of amides is 2. The molecule has 0 unspecified atom stereocenters. The SMILES string of the molecule is CCOC(=O)CC[13C](=O)CN1C(=O)c2ccccc2C1=O. The number of rotatable bonds is 6. The first kappa shape index (κ1) is 14.9. The standard InChI is InChI=1S/C15H15NO5/c1-2-21-13(18)8-7-10(17)9-16-14(19)11-5-3-4-6-12(11)15(16)20/h3-6H,2,7-9H2,1H3/i10+1. The molecule has 0 atom stereocenters. The Hall–Kier alpha value is -2.50. The maximum Gasteiger partial charge on any atom is 0.306 e. The van der Waals surface area contributed by atoms with Crippen molar-refractivity contribution in [2.75, 3.05) is 13.2 Å². The molecule has 0 saturated carbocycles. The molecule has 1 aliphatic heterocycles. The molecular formula is C15H15NO5.